The van der Waals surface area contributed by atoms with Gasteiger partial charge in [-0.1, -0.05) is 43.0 Å². The summed E-state index contributed by atoms with van der Waals surface area (Å²) < 4.78 is 3.58. The van der Waals surface area contributed by atoms with Gasteiger partial charge >= 0.3 is 0 Å². The number of rotatable bonds is 6. The summed E-state index contributed by atoms with van der Waals surface area (Å²) in [5.41, 5.74) is 6.40. The molecule has 1 unspecified atom stereocenters. The zero-order valence-corrected chi connectivity index (χ0v) is 9.91. The molecule has 1 rings (SSSR count). The Morgan fingerprint density at radius 1 is 1.43 bits per heavy atom. The molecule has 0 aromatic carbocycles. The van der Waals surface area contributed by atoms with Gasteiger partial charge in [0.2, 0.25) is 0 Å². The average molecular weight is 234 g/mol. The highest BCUT2D eigenvalue weighted by Gasteiger charge is 2.15. The summed E-state index contributed by atoms with van der Waals surface area (Å²) in [4.78, 5) is 10.3. The van der Waals surface area contributed by atoms with Crippen LogP contribution in [-0.4, -0.2) is 22.8 Å². The molecule has 3 nitrogen and oxygen atoms in total. The lowest BCUT2D eigenvalue weighted by Crippen LogP contribution is -2.29. The van der Waals surface area contributed by atoms with E-state index in [1.165, 1.54) is 43.9 Å². The van der Waals surface area contributed by atoms with Crippen molar-refractivity contribution in [1.82, 2.24) is 4.72 Å². The van der Waals surface area contributed by atoms with Crippen molar-refractivity contribution >= 4 is 29.3 Å². The molecule has 14 heavy (non-hydrogen) atoms. The molecule has 1 aliphatic carbocycles. The Morgan fingerprint density at radius 2 is 2.14 bits per heavy atom. The summed E-state index contributed by atoms with van der Waals surface area (Å²) in [6.45, 7) is 0.536. The van der Waals surface area contributed by atoms with Crippen LogP contribution >= 0.6 is 23.7 Å². The van der Waals surface area contributed by atoms with E-state index in [1.54, 1.807) is 11.9 Å². The zero-order chi connectivity index (χ0) is 10.2. The highest BCUT2D eigenvalue weighted by atomic mass is 32.2. The number of hydrogen-bond donors (Lipinski definition) is 2. The average Bonchev–Trinajstić information content (AvgIpc) is 2.25. The first kappa shape index (κ1) is 12.4. The third-order valence-corrected chi connectivity index (χ3v) is 4.53. The molecule has 3 N–H and O–H groups in total. The zero-order valence-electron chi connectivity index (χ0n) is 8.28. The van der Waals surface area contributed by atoms with Gasteiger partial charge < -0.3 is 5.73 Å². The first-order valence-electron chi connectivity index (χ1n) is 5.07. The maximum Gasteiger partial charge on any atom is 0.177 e. The van der Waals surface area contributed by atoms with Crippen LogP contribution in [0.4, 0.5) is 0 Å². The van der Waals surface area contributed by atoms with Gasteiger partial charge in [-0.2, -0.15) is 0 Å². The summed E-state index contributed by atoms with van der Waals surface area (Å²) in [7, 11) is 0. The largest absolute Gasteiger partial charge is 0.328 e. The minimum Gasteiger partial charge on any atom is -0.328 e. The van der Waals surface area contributed by atoms with Crippen molar-refractivity contribution < 1.29 is 4.79 Å². The smallest absolute Gasteiger partial charge is 0.177 e. The quantitative estimate of drug-likeness (QED) is 0.417. The number of thioether (sulfide) groups is 1. The fourth-order valence-corrected chi connectivity index (χ4v) is 3.02. The van der Waals surface area contributed by atoms with Crippen molar-refractivity contribution in [2.24, 2.45) is 5.73 Å². The fourth-order valence-electron chi connectivity index (χ4n) is 1.59. The SMILES string of the molecule is NCC(SC=O)SNC1CCCCC1. The Balaban J connectivity index is 2.13. The van der Waals surface area contributed by atoms with Crippen molar-refractivity contribution in [2.75, 3.05) is 6.54 Å². The Kier molecular flexibility index (Phi) is 6.68. The molecule has 0 saturated heterocycles. The van der Waals surface area contributed by atoms with E-state index in [0.29, 0.717) is 12.6 Å². The lowest BCUT2D eigenvalue weighted by molar-refractivity contribution is 0.423. The van der Waals surface area contributed by atoms with Crippen LogP contribution in [0.5, 0.6) is 0 Å². The van der Waals surface area contributed by atoms with Gasteiger partial charge in [-0.15, -0.1) is 0 Å². The van der Waals surface area contributed by atoms with Crippen LogP contribution in [0.25, 0.3) is 0 Å². The summed E-state index contributed by atoms with van der Waals surface area (Å²) in [6, 6.07) is 0.620. The first-order chi connectivity index (χ1) is 6.86. The minimum absolute atomic E-state index is 0.162. The summed E-state index contributed by atoms with van der Waals surface area (Å²) in [5.74, 6) is 0. The van der Waals surface area contributed by atoms with Crippen molar-refractivity contribution in [3.63, 3.8) is 0 Å². The lowest BCUT2D eigenvalue weighted by Gasteiger charge is -2.23. The number of nitrogens with two attached hydrogens (primary N) is 1. The molecule has 0 heterocycles. The molecular weight excluding hydrogens is 216 g/mol. The van der Waals surface area contributed by atoms with E-state index in [9.17, 15) is 4.79 Å². The molecule has 0 bridgehead atoms. The van der Waals surface area contributed by atoms with Crippen LogP contribution in [0.15, 0.2) is 0 Å². The monoisotopic (exact) mass is 234 g/mol. The topological polar surface area (TPSA) is 55.1 Å². The third kappa shape index (κ3) is 4.68. The van der Waals surface area contributed by atoms with Gasteiger partial charge in [0, 0.05) is 12.6 Å². The number of hydrogen-bond acceptors (Lipinski definition) is 5. The van der Waals surface area contributed by atoms with Crippen molar-refractivity contribution in [1.29, 1.82) is 0 Å². The number of nitrogens with one attached hydrogen (secondary N) is 1. The standard InChI is InChI=1S/C9H18N2OS2/c10-6-9(13-7-12)14-11-8-4-2-1-3-5-8/h7-9,11H,1-6,10H2. The molecule has 1 fully saturated rings. The van der Waals surface area contributed by atoms with E-state index >= 15 is 0 Å². The summed E-state index contributed by atoms with van der Waals surface area (Å²) in [6.07, 6.45) is 6.54. The number of carbonyl (C=O) groups is 1. The van der Waals surface area contributed by atoms with E-state index in [2.05, 4.69) is 4.72 Å². The van der Waals surface area contributed by atoms with Gasteiger partial charge in [-0.25, -0.2) is 0 Å². The van der Waals surface area contributed by atoms with Crippen LogP contribution in [-0.2, 0) is 4.79 Å². The Bertz CT molecular complexity index is 163. The second-order valence-electron chi connectivity index (χ2n) is 3.47. The normalized spacial score (nSPS) is 20.6. The van der Waals surface area contributed by atoms with Crippen LogP contribution in [0.2, 0.25) is 0 Å². The molecular formula is C9H18N2OS2. The number of carbonyl (C=O) groups excluding carboxylic acids is 1. The lowest BCUT2D eigenvalue weighted by atomic mass is 9.96. The molecule has 1 aliphatic rings. The Labute approximate surface area is 94.1 Å². The van der Waals surface area contributed by atoms with Gasteiger partial charge in [0.05, 0.1) is 4.58 Å². The Hall–Kier alpha value is 0.290. The van der Waals surface area contributed by atoms with Crippen molar-refractivity contribution in [3.8, 4) is 0 Å². The van der Waals surface area contributed by atoms with Gasteiger partial charge in [0.25, 0.3) is 0 Å². The highest BCUT2D eigenvalue weighted by molar-refractivity contribution is 8.23. The fraction of sp³-hybridized carbons (Fsp3) is 0.889. The molecule has 5 heteroatoms. The molecule has 0 amide bonds. The van der Waals surface area contributed by atoms with E-state index < -0.39 is 0 Å². The highest BCUT2D eigenvalue weighted by Crippen LogP contribution is 2.23. The van der Waals surface area contributed by atoms with E-state index in [1.807, 2.05) is 0 Å². The molecule has 0 aromatic heterocycles. The summed E-state index contributed by atoms with van der Waals surface area (Å²) >= 11 is 2.87. The first-order valence-corrected chi connectivity index (χ1v) is 6.89. The second-order valence-corrected chi connectivity index (χ2v) is 5.84. The predicted molar refractivity (Wildman–Crippen MR) is 64.8 cm³/mol. The van der Waals surface area contributed by atoms with Crippen LogP contribution in [0, 0.1) is 0 Å². The molecule has 82 valence electrons. The maximum atomic E-state index is 10.3. The van der Waals surface area contributed by atoms with Gasteiger partial charge in [-0.3, -0.25) is 9.52 Å². The minimum atomic E-state index is 0.162. The van der Waals surface area contributed by atoms with Crippen molar-refractivity contribution in [3.05, 3.63) is 0 Å². The molecule has 1 saturated carbocycles. The second kappa shape index (κ2) is 7.56. The third-order valence-electron chi connectivity index (χ3n) is 2.37. The molecule has 0 aromatic rings. The van der Waals surface area contributed by atoms with Gasteiger partial charge in [0.1, 0.15) is 0 Å². The van der Waals surface area contributed by atoms with E-state index in [0.717, 1.165) is 5.62 Å². The van der Waals surface area contributed by atoms with Gasteiger partial charge in [-0.05, 0) is 12.8 Å². The van der Waals surface area contributed by atoms with Crippen LogP contribution in [0.3, 0.4) is 0 Å². The van der Waals surface area contributed by atoms with Crippen molar-refractivity contribution in [2.45, 2.75) is 42.7 Å². The maximum absolute atomic E-state index is 10.3. The molecule has 0 aliphatic heterocycles. The molecule has 0 radical (unpaired) electrons. The molecule has 0 spiro atoms. The van der Waals surface area contributed by atoms with E-state index in [4.69, 9.17) is 5.73 Å². The van der Waals surface area contributed by atoms with Crippen LogP contribution in [0.1, 0.15) is 32.1 Å². The summed E-state index contributed by atoms with van der Waals surface area (Å²) in [5, 5.41) is 0. The Morgan fingerprint density at radius 3 is 2.71 bits per heavy atom. The van der Waals surface area contributed by atoms with Crippen LogP contribution < -0.4 is 10.5 Å². The van der Waals surface area contributed by atoms with Gasteiger partial charge in [0.15, 0.2) is 5.62 Å². The predicted octanol–water partition coefficient (Wildman–Crippen LogP) is 1.77. The molecule has 1 atom stereocenters. The van der Waals surface area contributed by atoms with E-state index in [-0.39, 0.29) is 4.58 Å².